The Morgan fingerprint density at radius 3 is 2.67 bits per heavy atom. The zero-order valence-electron chi connectivity index (χ0n) is 13.8. The Kier molecular flexibility index (Phi) is 4.41. The summed E-state index contributed by atoms with van der Waals surface area (Å²) in [6, 6.07) is 7.23. The van der Waals surface area contributed by atoms with Crippen LogP contribution in [0.1, 0.15) is 28.7 Å². The number of Topliss-reactive ketones (excluding diaryl/α,β-unsaturated/α-hetero) is 1. The second-order valence-corrected chi connectivity index (χ2v) is 6.71. The van der Waals surface area contributed by atoms with Crippen molar-refractivity contribution in [1.82, 2.24) is 14.1 Å². The first-order chi connectivity index (χ1) is 11.4. The van der Waals surface area contributed by atoms with Crippen molar-refractivity contribution in [1.29, 1.82) is 0 Å². The minimum atomic E-state index is -0.209. The highest BCUT2D eigenvalue weighted by molar-refractivity contribution is 9.10. The van der Waals surface area contributed by atoms with Gasteiger partial charge in [-0.25, -0.2) is 4.98 Å². The molecule has 124 valence electrons. The van der Waals surface area contributed by atoms with Crippen LogP contribution in [0.4, 0.5) is 0 Å². The van der Waals surface area contributed by atoms with Crippen LogP contribution in [0.15, 0.2) is 39.9 Å². The summed E-state index contributed by atoms with van der Waals surface area (Å²) in [4.78, 5) is 29.5. The molecule has 0 aliphatic heterocycles. The summed E-state index contributed by atoms with van der Waals surface area (Å²) >= 11 is 3.36. The number of carbonyl (C=O) groups is 1. The van der Waals surface area contributed by atoms with Gasteiger partial charge in [0.05, 0.1) is 23.8 Å². The van der Waals surface area contributed by atoms with E-state index < -0.39 is 0 Å². The van der Waals surface area contributed by atoms with E-state index in [0.717, 1.165) is 22.4 Å². The van der Waals surface area contributed by atoms with Gasteiger partial charge in [0.2, 0.25) is 0 Å². The predicted molar refractivity (Wildman–Crippen MR) is 97.6 cm³/mol. The van der Waals surface area contributed by atoms with Crippen LogP contribution in [-0.2, 0) is 13.1 Å². The Hall–Kier alpha value is -2.21. The fraction of sp³-hybridized carbons (Fsp3) is 0.278. The standard InChI is InChI=1S/C18H18BrN3O2/c1-4-22-11(2)7-14(12(22)3)17(23)9-21-10-20-16-6-5-13(19)8-15(16)18(21)24/h5-8,10H,4,9H2,1-3H3. The third kappa shape index (κ3) is 2.82. The summed E-state index contributed by atoms with van der Waals surface area (Å²) in [6.45, 7) is 6.76. The second-order valence-electron chi connectivity index (χ2n) is 5.79. The summed E-state index contributed by atoms with van der Waals surface area (Å²) in [5.74, 6) is -0.0824. The molecule has 0 unspecified atom stereocenters. The molecule has 1 aromatic carbocycles. The number of fused-ring (bicyclic) bond motifs is 1. The van der Waals surface area contributed by atoms with Gasteiger partial charge < -0.3 is 4.57 Å². The first-order valence-electron chi connectivity index (χ1n) is 7.77. The van der Waals surface area contributed by atoms with Crippen molar-refractivity contribution < 1.29 is 4.79 Å². The van der Waals surface area contributed by atoms with E-state index in [9.17, 15) is 9.59 Å². The van der Waals surface area contributed by atoms with Crippen molar-refractivity contribution in [3.05, 3.63) is 62.4 Å². The van der Waals surface area contributed by atoms with Gasteiger partial charge >= 0.3 is 0 Å². The highest BCUT2D eigenvalue weighted by Gasteiger charge is 2.16. The third-order valence-electron chi connectivity index (χ3n) is 4.29. The molecule has 0 radical (unpaired) electrons. The molecule has 2 aromatic heterocycles. The SMILES string of the molecule is CCn1c(C)cc(C(=O)Cn2cnc3ccc(Br)cc3c2=O)c1C. The fourth-order valence-corrected chi connectivity index (χ4v) is 3.41. The molecule has 6 heteroatoms. The van der Waals surface area contributed by atoms with E-state index >= 15 is 0 Å². The summed E-state index contributed by atoms with van der Waals surface area (Å²) in [6.07, 6.45) is 1.44. The van der Waals surface area contributed by atoms with Gasteiger partial charge in [-0.15, -0.1) is 0 Å². The monoisotopic (exact) mass is 387 g/mol. The molecular weight excluding hydrogens is 370 g/mol. The number of nitrogens with zero attached hydrogens (tertiary/aromatic N) is 3. The topological polar surface area (TPSA) is 56.9 Å². The van der Waals surface area contributed by atoms with Crippen LogP contribution in [0.5, 0.6) is 0 Å². The van der Waals surface area contributed by atoms with Crippen molar-refractivity contribution >= 4 is 32.6 Å². The molecule has 0 saturated carbocycles. The van der Waals surface area contributed by atoms with E-state index in [1.807, 2.05) is 32.9 Å². The maximum Gasteiger partial charge on any atom is 0.261 e. The Bertz CT molecular complexity index is 1000. The average molecular weight is 388 g/mol. The highest BCUT2D eigenvalue weighted by atomic mass is 79.9. The van der Waals surface area contributed by atoms with Gasteiger partial charge in [0.25, 0.3) is 5.56 Å². The molecule has 24 heavy (non-hydrogen) atoms. The van der Waals surface area contributed by atoms with Gasteiger partial charge in [0.1, 0.15) is 0 Å². The van der Waals surface area contributed by atoms with E-state index in [0.29, 0.717) is 16.5 Å². The molecule has 3 rings (SSSR count). The molecule has 0 aliphatic carbocycles. The summed E-state index contributed by atoms with van der Waals surface area (Å²) in [7, 11) is 0. The van der Waals surface area contributed by atoms with Crippen LogP contribution in [-0.4, -0.2) is 19.9 Å². The van der Waals surface area contributed by atoms with Gasteiger partial charge in [-0.3, -0.25) is 14.2 Å². The molecule has 5 nitrogen and oxygen atoms in total. The van der Waals surface area contributed by atoms with Crippen molar-refractivity contribution in [2.75, 3.05) is 0 Å². The molecule has 0 atom stereocenters. The molecule has 0 amide bonds. The third-order valence-corrected chi connectivity index (χ3v) is 4.78. The minimum absolute atomic E-state index is 0.0116. The van der Waals surface area contributed by atoms with E-state index in [1.165, 1.54) is 10.9 Å². The Labute approximate surface area is 148 Å². The summed E-state index contributed by atoms with van der Waals surface area (Å²) in [5, 5.41) is 0.499. The van der Waals surface area contributed by atoms with Crippen LogP contribution in [0.2, 0.25) is 0 Å². The predicted octanol–water partition coefficient (Wildman–Crippen LogP) is 3.48. The van der Waals surface area contributed by atoms with Crippen LogP contribution in [0.3, 0.4) is 0 Å². The molecule has 0 saturated heterocycles. The van der Waals surface area contributed by atoms with Gasteiger partial charge in [-0.05, 0) is 45.0 Å². The Morgan fingerprint density at radius 2 is 2.00 bits per heavy atom. The lowest BCUT2D eigenvalue weighted by Crippen LogP contribution is -2.25. The molecule has 0 N–H and O–H groups in total. The Balaban J connectivity index is 1.99. The lowest BCUT2D eigenvalue weighted by Gasteiger charge is -2.08. The van der Waals surface area contributed by atoms with Gasteiger partial charge in [-0.2, -0.15) is 0 Å². The highest BCUT2D eigenvalue weighted by Crippen LogP contribution is 2.17. The zero-order valence-corrected chi connectivity index (χ0v) is 15.4. The number of halogens is 1. The van der Waals surface area contributed by atoms with E-state index in [-0.39, 0.29) is 17.9 Å². The van der Waals surface area contributed by atoms with Crippen molar-refractivity contribution in [3.8, 4) is 0 Å². The maximum absolute atomic E-state index is 12.7. The number of rotatable bonds is 4. The number of aryl methyl sites for hydroxylation is 1. The van der Waals surface area contributed by atoms with Gasteiger partial charge in [0, 0.05) is 28.0 Å². The molecule has 0 bridgehead atoms. The van der Waals surface area contributed by atoms with Gasteiger partial charge in [0.15, 0.2) is 5.78 Å². The number of hydrogen-bond donors (Lipinski definition) is 0. The van der Waals surface area contributed by atoms with Crippen molar-refractivity contribution in [2.45, 2.75) is 33.9 Å². The minimum Gasteiger partial charge on any atom is -0.349 e. The number of benzene rings is 1. The van der Waals surface area contributed by atoms with Crippen LogP contribution in [0.25, 0.3) is 10.9 Å². The first kappa shape index (κ1) is 16.6. The maximum atomic E-state index is 12.7. The summed E-state index contributed by atoms with van der Waals surface area (Å²) < 4.78 is 4.27. The summed E-state index contributed by atoms with van der Waals surface area (Å²) in [5.41, 5.74) is 3.06. The van der Waals surface area contributed by atoms with Crippen LogP contribution < -0.4 is 5.56 Å². The molecular formula is C18H18BrN3O2. The lowest BCUT2D eigenvalue weighted by molar-refractivity contribution is 0.0970. The Morgan fingerprint density at radius 1 is 1.25 bits per heavy atom. The van der Waals surface area contributed by atoms with E-state index in [2.05, 4.69) is 25.5 Å². The number of ketones is 1. The van der Waals surface area contributed by atoms with Crippen LogP contribution in [0, 0.1) is 13.8 Å². The van der Waals surface area contributed by atoms with Crippen molar-refractivity contribution in [2.24, 2.45) is 0 Å². The van der Waals surface area contributed by atoms with E-state index in [4.69, 9.17) is 0 Å². The molecule has 0 aliphatic rings. The smallest absolute Gasteiger partial charge is 0.261 e. The van der Waals surface area contributed by atoms with Crippen molar-refractivity contribution in [3.63, 3.8) is 0 Å². The second kappa shape index (κ2) is 6.36. The van der Waals surface area contributed by atoms with Gasteiger partial charge in [-0.1, -0.05) is 15.9 Å². The largest absolute Gasteiger partial charge is 0.349 e. The normalized spacial score (nSPS) is 11.2. The van der Waals surface area contributed by atoms with Crippen LogP contribution >= 0.6 is 15.9 Å². The molecule has 0 spiro atoms. The number of hydrogen-bond acceptors (Lipinski definition) is 3. The number of carbonyl (C=O) groups excluding carboxylic acids is 1. The first-order valence-corrected chi connectivity index (χ1v) is 8.56. The quantitative estimate of drug-likeness (QED) is 0.643. The molecule has 0 fully saturated rings. The zero-order chi connectivity index (χ0) is 17.4. The van der Waals surface area contributed by atoms with E-state index in [1.54, 1.807) is 12.1 Å². The average Bonchev–Trinajstić information content (AvgIpc) is 2.84. The number of aromatic nitrogens is 3. The lowest BCUT2D eigenvalue weighted by atomic mass is 10.1. The molecule has 2 heterocycles. The molecule has 3 aromatic rings. The fourth-order valence-electron chi connectivity index (χ4n) is 3.05.